The molecule has 2 atom stereocenters. The summed E-state index contributed by atoms with van der Waals surface area (Å²) in [6.45, 7) is 2.86. The average molecular weight is 265 g/mol. The molecule has 1 heterocycles. The molecule has 2 rings (SSSR count). The van der Waals surface area contributed by atoms with E-state index in [0.717, 1.165) is 50.0 Å². The van der Waals surface area contributed by atoms with Crippen LogP contribution in [0.15, 0.2) is 6.33 Å². The molecule has 0 bridgehead atoms. The van der Waals surface area contributed by atoms with Gasteiger partial charge in [-0.25, -0.2) is 15.8 Å². The van der Waals surface area contributed by atoms with E-state index in [1.165, 1.54) is 6.33 Å². The van der Waals surface area contributed by atoms with Crippen molar-refractivity contribution in [3.63, 3.8) is 0 Å². The van der Waals surface area contributed by atoms with Crippen molar-refractivity contribution in [1.29, 1.82) is 0 Å². The molecule has 0 amide bonds. The number of nitrogens with one attached hydrogen (secondary N) is 2. The summed E-state index contributed by atoms with van der Waals surface area (Å²) < 4.78 is 0. The first kappa shape index (κ1) is 14.0. The second-order valence-corrected chi connectivity index (χ2v) is 5.08. The highest BCUT2D eigenvalue weighted by atomic mass is 16.3. The summed E-state index contributed by atoms with van der Waals surface area (Å²) in [5.41, 5.74) is 3.63. The van der Waals surface area contributed by atoms with Gasteiger partial charge in [0, 0.05) is 18.0 Å². The van der Waals surface area contributed by atoms with Crippen molar-refractivity contribution < 1.29 is 5.11 Å². The van der Waals surface area contributed by atoms with E-state index < -0.39 is 0 Å². The van der Waals surface area contributed by atoms with E-state index in [4.69, 9.17) is 5.84 Å². The van der Waals surface area contributed by atoms with Crippen LogP contribution in [0.25, 0.3) is 0 Å². The molecular weight excluding hydrogens is 242 g/mol. The van der Waals surface area contributed by atoms with Gasteiger partial charge >= 0.3 is 0 Å². The fourth-order valence-electron chi connectivity index (χ4n) is 2.66. The van der Waals surface area contributed by atoms with Gasteiger partial charge in [0.05, 0.1) is 6.10 Å². The third kappa shape index (κ3) is 3.33. The van der Waals surface area contributed by atoms with Gasteiger partial charge in [-0.1, -0.05) is 19.8 Å². The minimum Gasteiger partial charge on any atom is -0.393 e. The normalized spacial score (nSPS) is 22.5. The minimum atomic E-state index is -0.184. The van der Waals surface area contributed by atoms with Crippen molar-refractivity contribution in [2.24, 2.45) is 11.8 Å². The highest BCUT2D eigenvalue weighted by Gasteiger charge is 2.25. The van der Waals surface area contributed by atoms with Crippen LogP contribution in [-0.4, -0.2) is 27.7 Å². The minimum absolute atomic E-state index is 0.184. The fraction of sp³-hybridized carbons (Fsp3) is 0.692. The van der Waals surface area contributed by atoms with Crippen molar-refractivity contribution >= 4 is 11.6 Å². The monoisotopic (exact) mass is 265 g/mol. The van der Waals surface area contributed by atoms with Gasteiger partial charge in [0.15, 0.2) is 0 Å². The second kappa shape index (κ2) is 6.68. The zero-order valence-corrected chi connectivity index (χ0v) is 11.4. The van der Waals surface area contributed by atoms with E-state index in [9.17, 15) is 5.11 Å². The first-order valence-electron chi connectivity index (χ1n) is 6.98. The van der Waals surface area contributed by atoms with Crippen molar-refractivity contribution in [1.82, 2.24) is 9.97 Å². The van der Waals surface area contributed by atoms with Crippen LogP contribution >= 0.6 is 0 Å². The summed E-state index contributed by atoms with van der Waals surface area (Å²) >= 11 is 0. The molecule has 0 saturated heterocycles. The summed E-state index contributed by atoms with van der Waals surface area (Å²) in [5.74, 6) is 7.30. The van der Waals surface area contributed by atoms with Gasteiger partial charge in [-0.3, -0.25) is 0 Å². The number of nitrogens with two attached hydrogens (primary N) is 1. The molecule has 1 aliphatic carbocycles. The highest BCUT2D eigenvalue weighted by molar-refractivity contribution is 5.56. The maximum Gasteiger partial charge on any atom is 0.148 e. The van der Waals surface area contributed by atoms with Gasteiger partial charge in [-0.15, -0.1) is 0 Å². The smallest absolute Gasteiger partial charge is 0.148 e. The van der Waals surface area contributed by atoms with Crippen molar-refractivity contribution in [3.8, 4) is 0 Å². The summed E-state index contributed by atoms with van der Waals surface area (Å²) in [4.78, 5) is 8.43. The lowest BCUT2D eigenvalue weighted by molar-refractivity contribution is 0.138. The molecule has 1 fully saturated rings. The van der Waals surface area contributed by atoms with Crippen LogP contribution < -0.4 is 16.6 Å². The van der Waals surface area contributed by atoms with Crippen LogP contribution in [0.2, 0.25) is 0 Å². The van der Waals surface area contributed by atoms with Crippen LogP contribution in [-0.2, 0) is 6.42 Å². The van der Waals surface area contributed by atoms with E-state index >= 15 is 0 Å². The standard InChI is InChI=1S/C13H23N5O/c1-2-4-10-12(16-8-17-13(10)18-14)15-7-9-5-3-6-11(9)19/h8-9,11,19H,2-7,14H2,1H3,(H2,15,16,17,18). The molecular formula is C13H23N5O. The lowest BCUT2D eigenvalue weighted by Gasteiger charge is -2.18. The molecule has 1 aliphatic rings. The van der Waals surface area contributed by atoms with E-state index in [-0.39, 0.29) is 6.10 Å². The van der Waals surface area contributed by atoms with Gasteiger partial charge in [0.25, 0.3) is 0 Å². The first-order chi connectivity index (χ1) is 9.26. The Hall–Kier alpha value is -1.40. The topological polar surface area (TPSA) is 96.1 Å². The molecule has 1 saturated carbocycles. The van der Waals surface area contributed by atoms with Crippen LogP contribution in [0.1, 0.15) is 38.2 Å². The molecule has 106 valence electrons. The van der Waals surface area contributed by atoms with Gasteiger partial charge < -0.3 is 15.8 Å². The molecule has 2 unspecified atom stereocenters. The van der Waals surface area contributed by atoms with Crippen LogP contribution in [0.4, 0.5) is 11.6 Å². The maximum atomic E-state index is 9.84. The number of nitrogen functional groups attached to an aromatic ring is 1. The summed E-state index contributed by atoms with van der Waals surface area (Å²) in [5, 5.41) is 13.2. The molecule has 1 aromatic rings. The van der Waals surface area contributed by atoms with Crippen molar-refractivity contribution in [3.05, 3.63) is 11.9 Å². The third-order valence-electron chi connectivity index (χ3n) is 3.73. The van der Waals surface area contributed by atoms with Crippen LogP contribution in [0.3, 0.4) is 0 Å². The molecule has 6 nitrogen and oxygen atoms in total. The molecule has 5 N–H and O–H groups in total. The quantitative estimate of drug-likeness (QED) is 0.457. The second-order valence-electron chi connectivity index (χ2n) is 5.08. The summed E-state index contributed by atoms with van der Waals surface area (Å²) in [6, 6.07) is 0. The molecule has 19 heavy (non-hydrogen) atoms. The Bertz CT molecular complexity index is 412. The maximum absolute atomic E-state index is 9.84. The predicted molar refractivity (Wildman–Crippen MR) is 75.7 cm³/mol. The van der Waals surface area contributed by atoms with E-state index in [1.807, 2.05) is 0 Å². The Morgan fingerprint density at radius 1 is 1.37 bits per heavy atom. The fourth-order valence-corrected chi connectivity index (χ4v) is 2.66. The number of aliphatic hydroxyl groups is 1. The van der Waals surface area contributed by atoms with Gasteiger partial charge in [-0.05, 0) is 19.3 Å². The molecule has 0 radical (unpaired) electrons. The zero-order chi connectivity index (χ0) is 13.7. The number of rotatable bonds is 6. The number of aromatic nitrogens is 2. The van der Waals surface area contributed by atoms with E-state index in [0.29, 0.717) is 11.7 Å². The summed E-state index contributed by atoms with van der Waals surface area (Å²) in [6.07, 6.45) is 6.28. The van der Waals surface area contributed by atoms with E-state index in [2.05, 4.69) is 27.6 Å². The van der Waals surface area contributed by atoms with Crippen molar-refractivity contribution in [2.75, 3.05) is 17.3 Å². The number of anilines is 2. The molecule has 0 aromatic carbocycles. The Kier molecular flexibility index (Phi) is 4.93. The first-order valence-corrected chi connectivity index (χ1v) is 6.98. The van der Waals surface area contributed by atoms with Gasteiger partial charge in [0.2, 0.25) is 0 Å². The Morgan fingerprint density at radius 2 is 2.16 bits per heavy atom. The van der Waals surface area contributed by atoms with Gasteiger partial charge in [0.1, 0.15) is 18.0 Å². The number of hydrazine groups is 1. The number of aliphatic hydroxyl groups excluding tert-OH is 1. The third-order valence-corrected chi connectivity index (χ3v) is 3.73. The summed E-state index contributed by atoms with van der Waals surface area (Å²) in [7, 11) is 0. The van der Waals surface area contributed by atoms with Crippen molar-refractivity contribution in [2.45, 2.75) is 45.1 Å². The number of hydrogen-bond acceptors (Lipinski definition) is 6. The zero-order valence-electron chi connectivity index (χ0n) is 11.4. The lowest BCUT2D eigenvalue weighted by Crippen LogP contribution is -2.23. The Labute approximate surface area is 113 Å². The molecule has 6 heteroatoms. The van der Waals surface area contributed by atoms with Crippen LogP contribution in [0.5, 0.6) is 0 Å². The molecule has 0 aliphatic heterocycles. The highest BCUT2D eigenvalue weighted by Crippen LogP contribution is 2.27. The van der Waals surface area contributed by atoms with E-state index in [1.54, 1.807) is 0 Å². The SMILES string of the molecule is CCCc1c(NN)ncnc1NCC1CCCC1O. The average Bonchev–Trinajstić information content (AvgIpc) is 2.83. The number of hydrogen-bond donors (Lipinski definition) is 4. The largest absolute Gasteiger partial charge is 0.393 e. The van der Waals surface area contributed by atoms with Crippen LogP contribution in [0, 0.1) is 5.92 Å². The number of nitrogens with zero attached hydrogens (tertiary/aromatic N) is 2. The lowest BCUT2D eigenvalue weighted by atomic mass is 10.1. The predicted octanol–water partition coefficient (Wildman–Crippen LogP) is 1.29. The Balaban J connectivity index is 2.06. The molecule has 0 spiro atoms. The Morgan fingerprint density at radius 3 is 2.79 bits per heavy atom. The molecule has 1 aromatic heterocycles. The van der Waals surface area contributed by atoms with Gasteiger partial charge in [-0.2, -0.15) is 0 Å².